The highest BCUT2D eigenvalue weighted by molar-refractivity contribution is 5.86. The lowest BCUT2D eigenvalue weighted by atomic mass is 10.2. The van der Waals surface area contributed by atoms with E-state index in [1.54, 1.807) is 12.1 Å². The van der Waals surface area contributed by atoms with Gasteiger partial charge in [-0.25, -0.2) is 0 Å². The Morgan fingerprint density at radius 3 is 3.17 bits per heavy atom. The summed E-state index contributed by atoms with van der Waals surface area (Å²) in [7, 11) is 0. The fourth-order valence-electron chi connectivity index (χ4n) is 1.05. The highest BCUT2D eigenvalue weighted by Crippen LogP contribution is 2.21. The zero-order chi connectivity index (χ0) is 8.55. The number of nitro groups is 1. The third-order valence-electron chi connectivity index (χ3n) is 1.58. The Bertz CT molecular complexity index is 435. The fraction of sp³-hybridized carbons (Fsp3) is 0. The van der Waals surface area contributed by atoms with Crippen LogP contribution in [0.3, 0.4) is 0 Å². The van der Waals surface area contributed by atoms with E-state index < -0.39 is 4.92 Å². The Balaban J connectivity index is 2.82. The average molecular weight is 162 g/mol. The van der Waals surface area contributed by atoms with Gasteiger partial charge in [-0.3, -0.25) is 15.2 Å². The normalized spacial score (nSPS) is 10.3. The van der Waals surface area contributed by atoms with Gasteiger partial charge in [-0.15, -0.1) is 0 Å². The van der Waals surface area contributed by atoms with Gasteiger partial charge in [0.05, 0.1) is 10.4 Å². The van der Waals surface area contributed by atoms with E-state index in [0.29, 0.717) is 10.9 Å². The summed E-state index contributed by atoms with van der Waals surface area (Å²) in [5.41, 5.74) is 0.658. The van der Waals surface area contributed by atoms with Crippen LogP contribution in [-0.2, 0) is 0 Å². The maximum Gasteiger partial charge on any atom is 0.281 e. The molecule has 0 aliphatic carbocycles. The Morgan fingerprint density at radius 2 is 2.42 bits per heavy atom. The van der Waals surface area contributed by atoms with E-state index >= 15 is 0 Å². The molecule has 1 N–H and O–H groups in total. The number of aromatic amines is 1. The molecule has 12 heavy (non-hydrogen) atoms. The van der Waals surface area contributed by atoms with Crippen LogP contribution in [-0.4, -0.2) is 15.1 Å². The number of non-ortho nitro benzene ring substituents is 1. The summed E-state index contributed by atoms with van der Waals surface area (Å²) in [6.45, 7) is 0. The number of nitrogens with one attached hydrogen (secondary N) is 1. The van der Waals surface area contributed by atoms with Crippen LogP contribution in [0.4, 0.5) is 5.69 Å². The topological polar surface area (TPSA) is 71.8 Å². The van der Waals surface area contributed by atoms with Crippen molar-refractivity contribution in [2.75, 3.05) is 0 Å². The van der Waals surface area contributed by atoms with Crippen LogP contribution in [0, 0.1) is 16.3 Å². The third-order valence-corrected chi connectivity index (χ3v) is 1.58. The van der Waals surface area contributed by atoms with E-state index in [0.717, 1.165) is 0 Å². The number of rotatable bonds is 1. The second-order valence-electron chi connectivity index (χ2n) is 2.29. The minimum Gasteiger partial charge on any atom is -0.277 e. The molecule has 0 aliphatic heterocycles. The lowest BCUT2D eigenvalue weighted by Gasteiger charge is -1.90. The van der Waals surface area contributed by atoms with Gasteiger partial charge >= 0.3 is 0 Å². The maximum atomic E-state index is 10.5. The number of benzene rings is 1. The molecule has 0 unspecified atom stereocenters. The van der Waals surface area contributed by atoms with Crippen molar-refractivity contribution >= 4 is 16.6 Å². The molecule has 59 valence electrons. The van der Waals surface area contributed by atoms with Gasteiger partial charge in [-0.1, -0.05) is 6.07 Å². The SMILES string of the molecule is O=[N+]([O-])c1cccc2[nH]n[c]c12. The highest BCUT2D eigenvalue weighted by atomic mass is 16.6. The van der Waals surface area contributed by atoms with Crippen molar-refractivity contribution in [1.29, 1.82) is 0 Å². The lowest BCUT2D eigenvalue weighted by Crippen LogP contribution is -1.87. The van der Waals surface area contributed by atoms with Crippen molar-refractivity contribution in [3.8, 4) is 0 Å². The number of hydrogen-bond donors (Lipinski definition) is 1. The fourth-order valence-corrected chi connectivity index (χ4v) is 1.05. The first-order valence-corrected chi connectivity index (χ1v) is 3.28. The first kappa shape index (κ1) is 6.78. The van der Waals surface area contributed by atoms with Gasteiger partial charge in [0.25, 0.3) is 5.69 Å². The quantitative estimate of drug-likeness (QED) is 0.507. The van der Waals surface area contributed by atoms with Crippen LogP contribution < -0.4 is 0 Å². The first-order valence-electron chi connectivity index (χ1n) is 3.28. The number of H-pyrrole nitrogens is 1. The van der Waals surface area contributed by atoms with Crippen LogP contribution in [0.1, 0.15) is 0 Å². The molecule has 5 nitrogen and oxygen atoms in total. The van der Waals surface area contributed by atoms with Crippen molar-refractivity contribution in [2.24, 2.45) is 0 Å². The molecule has 1 aromatic carbocycles. The summed E-state index contributed by atoms with van der Waals surface area (Å²) >= 11 is 0. The summed E-state index contributed by atoms with van der Waals surface area (Å²) in [6, 6.07) is 4.74. The molecular formula is C7H4N3O2. The molecule has 1 radical (unpaired) electrons. The molecule has 0 bridgehead atoms. The summed E-state index contributed by atoms with van der Waals surface area (Å²) in [5.74, 6) is 0. The molecule has 0 spiro atoms. The Hall–Kier alpha value is -1.91. The Kier molecular flexibility index (Phi) is 1.30. The van der Waals surface area contributed by atoms with E-state index in [2.05, 4.69) is 16.4 Å². The minimum absolute atomic E-state index is 0.0289. The summed E-state index contributed by atoms with van der Waals surface area (Å²) in [5, 5.41) is 17.1. The van der Waals surface area contributed by atoms with Crippen molar-refractivity contribution in [1.82, 2.24) is 10.2 Å². The van der Waals surface area contributed by atoms with Gasteiger partial charge < -0.3 is 0 Å². The first-order chi connectivity index (χ1) is 5.79. The number of nitrogens with zero attached hydrogens (tertiary/aromatic N) is 2. The second kappa shape index (κ2) is 2.30. The van der Waals surface area contributed by atoms with E-state index in [1.807, 2.05) is 0 Å². The monoisotopic (exact) mass is 162 g/mol. The molecule has 2 aromatic rings. The van der Waals surface area contributed by atoms with E-state index in [4.69, 9.17) is 0 Å². The predicted molar refractivity (Wildman–Crippen MR) is 41.6 cm³/mol. The largest absolute Gasteiger partial charge is 0.281 e. The number of hydrogen-bond acceptors (Lipinski definition) is 3. The van der Waals surface area contributed by atoms with Gasteiger partial charge in [0.15, 0.2) is 0 Å². The average Bonchev–Trinajstić information content (AvgIpc) is 2.49. The van der Waals surface area contributed by atoms with E-state index in [9.17, 15) is 10.1 Å². The summed E-state index contributed by atoms with van der Waals surface area (Å²) < 4.78 is 0. The van der Waals surface area contributed by atoms with Crippen molar-refractivity contribution in [2.45, 2.75) is 0 Å². The van der Waals surface area contributed by atoms with Crippen molar-refractivity contribution < 1.29 is 4.92 Å². The Morgan fingerprint density at radius 1 is 1.58 bits per heavy atom. The minimum atomic E-state index is -0.450. The van der Waals surface area contributed by atoms with Crippen LogP contribution in [0.2, 0.25) is 0 Å². The summed E-state index contributed by atoms with van der Waals surface area (Å²) in [6.07, 6.45) is 2.52. The van der Waals surface area contributed by atoms with Crippen LogP contribution in [0.25, 0.3) is 10.9 Å². The molecular weight excluding hydrogens is 158 g/mol. The zero-order valence-electron chi connectivity index (χ0n) is 5.94. The van der Waals surface area contributed by atoms with Crippen molar-refractivity contribution in [3.63, 3.8) is 0 Å². The van der Waals surface area contributed by atoms with Gasteiger partial charge in [0.2, 0.25) is 0 Å². The third kappa shape index (κ3) is 0.833. The molecule has 2 rings (SSSR count). The molecule has 0 atom stereocenters. The van der Waals surface area contributed by atoms with Gasteiger partial charge in [0, 0.05) is 6.07 Å². The van der Waals surface area contributed by atoms with E-state index in [1.165, 1.54) is 6.07 Å². The highest BCUT2D eigenvalue weighted by Gasteiger charge is 2.11. The lowest BCUT2D eigenvalue weighted by molar-refractivity contribution is -0.383. The summed E-state index contributed by atoms with van der Waals surface area (Å²) in [4.78, 5) is 10.0. The molecule has 1 aromatic heterocycles. The molecule has 0 amide bonds. The van der Waals surface area contributed by atoms with E-state index in [-0.39, 0.29) is 5.69 Å². The zero-order valence-corrected chi connectivity index (χ0v) is 5.94. The molecule has 0 saturated heterocycles. The van der Waals surface area contributed by atoms with Gasteiger partial charge in [-0.05, 0) is 6.07 Å². The van der Waals surface area contributed by atoms with Gasteiger partial charge in [-0.2, -0.15) is 5.10 Å². The van der Waals surface area contributed by atoms with Gasteiger partial charge in [0.1, 0.15) is 11.6 Å². The maximum absolute atomic E-state index is 10.5. The molecule has 0 saturated carbocycles. The van der Waals surface area contributed by atoms with Crippen LogP contribution in [0.5, 0.6) is 0 Å². The number of nitro benzene ring substituents is 1. The van der Waals surface area contributed by atoms with Crippen molar-refractivity contribution in [3.05, 3.63) is 34.5 Å². The predicted octanol–water partition coefficient (Wildman–Crippen LogP) is 1.27. The number of fused-ring (bicyclic) bond motifs is 1. The number of aromatic nitrogens is 2. The van der Waals surface area contributed by atoms with Crippen LogP contribution >= 0.6 is 0 Å². The molecule has 0 fully saturated rings. The molecule has 1 heterocycles. The Labute approximate surface area is 67.2 Å². The van der Waals surface area contributed by atoms with Crippen LogP contribution in [0.15, 0.2) is 18.2 Å². The standard InChI is InChI=1S/C7H4N3O2/c11-10(12)7-3-1-2-6-5(7)4-8-9-6/h1-3H,(H,8,9). The molecule has 5 heteroatoms. The molecule has 0 aliphatic rings. The smallest absolute Gasteiger partial charge is 0.277 e. The second-order valence-corrected chi connectivity index (χ2v) is 2.29.